The van der Waals surface area contributed by atoms with E-state index in [1.807, 2.05) is 49.1 Å². The Morgan fingerprint density at radius 1 is 1.29 bits per heavy atom. The van der Waals surface area contributed by atoms with Crippen molar-refractivity contribution in [3.8, 4) is 11.4 Å². The quantitative estimate of drug-likeness (QED) is 0.815. The van der Waals surface area contributed by atoms with Crippen LogP contribution < -0.4 is 0 Å². The second-order valence-electron chi connectivity index (χ2n) is 6.11. The van der Waals surface area contributed by atoms with E-state index in [4.69, 9.17) is 4.52 Å². The van der Waals surface area contributed by atoms with Crippen LogP contribution in [0.4, 0.5) is 0 Å². The van der Waals surface area contributed by atoms with Crippen molar-refractivity contribution >= 4 is 5.91 Å². The van der Waals surface area contributed by atoms with E-state index in [1.165, 1.54) is 0 Å². The lowest BCUT2D eigenvalue weighted by atomic mass is 10.1. The molecule has 1 fully saturated rings. The van der Waals surface area contributed by atoms with Crippen molar-refractivity contribution in [1.82, 2.24) is 19.9 Å². The van der Waals surface area contributed by atoms with E-state index in [2.05, 4.69) is 15.0 Å². The van der Waals surface area contributed by atoms with Crippen LogP contribution in [0.25, 0.3) is 11.4 Å². The summed E-state index contributed by atoms with van der Waals surface area (Å²) in [6.07, 6.45) is 0.946. The van der Waals surface area contributed by atoms with Crippen molar-refractivity contribution in [2.45, 2.75) is 26.2 Å². The molecule has 2 heterocycles. The molecule has 0 radical (unpaired) electrons. The van der Waals surface area contributed by atoms with Crippen LogP contribution in [-0.2, 0) is 4.79 Å². The van der Waals surface area contributed by atoms with Crippen molar-refractivity contribution in [3.63, 3.8) is 0 Å². The SMILES string of the molecule is CCN(CC)C(=O)CN1CC[C@H](c2nc(-c3ccccc3)no2)C1. The number of carbonyl (C=O) groups excluding carboxylic acids is 1. The number of hydrogen-bond acceptors (Lipinski definition) is 5. The van der Waals surface area contributed by atoms with Gasteiger partial charge in [-0.25, -0.2) is 0 Å². The standard InChI is InChI=1S/C18H24N4O2/c1-3-22(4-2)16(23)13-21-11-10-15(12-21)18-19-17(20-24-18)14-8-6-5-7-9-14/h5-9,15H,3-4,10-13H2,1-2H3/t15-/m0/s1. The monoisotopic (exact) mass is 328 g/mol. The fraction of sp³-hybridized carbons (Fsp3) is 0.500. The predicted octanol–water partition coefficient (Wildman–Crippen LogP) is 2.39. The summed E-state index contributed by atoms with van der Waals surface area (Å²) in [6, 6.07) is 9.83. The first kappa shape index (κ1) is 16.6. The fourth-order valence-electron chi connectivity index (χ4n) is 3.15. The summed E-state index contributed by atoms with van der Waals surface area (Å²) >= 11 is 0. The second-order valence-corrected chi connectivity index (χ2v) is 6.11. The minimum Gasteiger partial charge on any atom is -0.342 e. The zero-order valence-electron chi connectivity index (χ0n) is 14.3. The Bertz CT molecular complexity index is 667. The highest BCUT2D eigenvalue weighted by Crippen LogP contribution is 2.27. The van der Waals surface area contributed by atoms with Gasteiger partial charge in [0, 0.05) is 25.2 Å². The first-order valence-corrected chi connectivity index (χ1v) is 8.60. The molecule has 24 heavy (non-hydrogen) atoms. The Balaban J connectivity index is 1.60. The average molecular weight is 328 g/mol. The smallest absolute Gasteiger partial charge is 0.236 e. The molecule has 1 amide bonds. The number of nitrogens with zero attached hydrogens (tertiary/aromatic N) is 4. The minimum absolute atomic E-state index is 0.191. The Labute approximate surface area is 142 Å². The number of hydrogen-bond donors (Lipinski definition) is 0. The highest BCUT2D eigenvalue weighted by Gasteiger charge is 2.30. The van der Waals surface area contributed by atoms with Crippen molar-refractivity contribution in [2.24, 2.45) is 0 Å². The van der Waals surface area contributed by atoms with Crippen LogP contribution in [0.5, 0.6) is 0 Å². The van der Waals surface area contributed by atoms with Gasteiger partial charge in [-0.05, 0) is 26.8 Å². The molecule has 1 aliphatic heterocycles. The molecule has 128 valence electrons. The zero-order chi connectivity index (χ0) is 16.9. The molecule has 0 spiro atoms. The number of aromatic nitrogens is 2. The van der Waals surface area contributed by atoms with E-state index < -0.39 is 0 Å². The first-order valence-electron chi connectivity index (χ1n) is 8.60. The molecule has 6 heteroatoms. The summed E-state index contributed by atoms with van der Waals surface area (Å²) in [4.78, 5) is 20.8. The minimum atomic E-state index is 0.191. The van der Waals surface area contributed by atoms with Crippen LogP contribution in [0.3, 0.4) is 0 Å². The summed E-state index contributed by atoms with van der Waals surface area (Å²) in [6.45, 7) is 7.70. The lowest BCUT2D eigenvalue weighted by molar-refractivity contribution is -0.131. The number of rotatable bonds is 6. The number of likely N-dealkylation sites (tertiary alicyclic amines) is 1. The molecule has 1 atom stereocenters. The van der Waals surface area contributed by atoms with Gasteiger partial charge in [0.15, 0.2) is 0 Å². The molecule has 1 aromatic carbocycles. The van der Waals surface area contributed by atoms with Crippen LogP contribution in [0.2, 0.25) is 0 Å². The number of carbonyl (C=O) groups is 1. The van der Waals surface area contributed by atoms with Gasteiger partial charge in [0.05, 0.1) is 12.5 Å². The molecule has 1 aromatic heterocycles. The average Bonchev–Trinajstić information content (AvgIpc) is 3.26. The van der Waals surface area contributed by atoms with Gasteiger partial charge >= 0.3 is 0 Å². The van der Waals surface area contributed by atoms with Gasteiger partial charge in [-0.1, -0.05) is 35.5 Å². The van der Waals surface area contributed by atoms with Crippen LogP contribution in [0.15, 0.2) is 34.9 Å². The summed E-state index contributed by atoms with van der Waals surface area (Å²) in [5.41, 5.74) is 0.957. The fourth-order valence-corrected chi connectivity index (χ4v) is 3.15. The number of benzene rings is 1. The van der Waals surface area contributed by atoms with E-state index in [9.17, 15) is 4.79 Å². The number of amides is 1. The highest BCUT2D eigenvalue weighted by atomic mass is 16.5. The molecular formula is C18H24N4O2. The van der Waals surface area contributed by atoms with Gasteiger partial charge in [0.2, 0.25) is 17.6 Å². The lowest BCUT2D eigenvalue weighted by Crippen LogP contribution is -2.39. The highest BCUT2D eigenvalue weighted by molar-refractivity contribution is 5.78. The molecule has 0 unspecified atom stereocenters. The van der Waals surface area contributed by atoms with Crippen LogP contribution in [-0.4, -0.2) is 58.6 Å². The van der Waals surface area contributed by atoms with Crippen LogP contribution in [0.1, 0.15) is 32.1 Å². The van der Waals surface area contributed by atoms with Crippen molar-refractivity contribution in [1.29, 1.82) is 0 Å². The molecule has 3 rings (SSSR count). The van der Waals surface area contributed by atoms with Crippen LogP contribution in [0, 0.1) is 0 Å². The maximum Gasteiger partial charge on any atom is 0.236 e. The maximum absolute atomic E-state index is 12.2. The van der Waals surface area contributed by atoms with Gasteiger partial charge < -0.3 is 9.42 Å². The first-order chi connectivity index (χ1) is 11.7. The van der Waals surface area contributed by atoms with Gasteiger partial charge in [0.1, 0.15) is 0 Å². The van der Waals surface area contributed by atoms with Gasteiger partial charge in [0.25, 0.3) is 0 Å². The third-order valence-corrected chi connectivity index (χ3v) is 4.57. The van der Waals surface area contributed by atoms with Crippen LogP contribution >= 0.6 is 0 Å². The molecule has 1 saturated heterocycles. The molecular weight excluding hydrogens is 304 g/mol. The zero-order valence-corrected chi connectivity index (χ0v) is 14.3. The summed E-state index contributed by atoms with van der Waals surface area (Å²) < 4.78 is 5.46. The third kappa shape index (κ3) is 3.64. The van der Waals surface area contributed by atoms with Gasteiger partial charge in [-0.3, -0.25) is 9.69 Å². The predicted molar refractivity (Wildman–Crippen MR) is 91.5 cm³/mol. The third-order valence-electron chi connectivity index (χ3n) is 4.57. The van der Waals surface area contributed by atoms with E-state index in [1.54, 1.807) is 0 Å². The van der Waals surface area contributed by atoms with E-state index in [0.29, 0.717) is 18.3 Å². The summed E-state index contributed by atoms with van der Waals surface area (Å²) in [5, 5.41) is 4.09. The lowest BCUT2D eigenvalue weighted by Gasteiger charge is -2.22. The Morgan fingerprint density at radius 2 is 2.04 bits per heavy atom. The van der Waals surface area contributed by atoms with Crippen molar-refractivity contribution in [3.05, 3.63) is 36.2 Å². The maximum atomic E-state index is 12.2. The molecule has 0 bridgehead atoms. The molecule has 1 aliphatic rings. The van der Waals surface area contributed by atoms with Crippen molar-refractivity contribution in [2.75, 3.05) is 32.7 Å². The Morgan fingerprint density at radius 3 is 2.75 bits per heavy atom. The van der Waals surface area contributed by atoms with Crippen molar-refractivity contribution < 1.29 is 9.32 Å². The van der Waals surface area contributed by atoms with E-state index in [-0.39, 0.29) is 11.8 Å². The molecule has 2 aromatic rings. The van der Waals surface area contributed by atoms with E-state index >= 15 is 0 Å². The molecule has 6 nitrogen and oxygen atoms in total. The Kier molecular flexibility index (Phi) is 5.25. The molecule has 0 aliphatic carbocycles. The molecule has 0 N–H and O–H groups in total. The van der Waals surface area contributed by atoms with E-state index in [0.717, 1.165) is 38.2 Å². The largest absolute Gasteiger partial charge is 0.342 e. The normalized spacial score (nSPS) is 18.0. The Hall–Kier alpha value is -2.21. The summed E-state index contributed by atoms with van der Waals surface area (Å²) in [7, 11) is 0. The number of likely N-dealkylation sites (N-methyl/N-ethyl adjacent to an activating group) is 1. The molecule has 0 saturated carbocycles. The van der Waals surface area contributed by atoms with Gasteiger partial charge in [-0.15, -0.1) is 0 Å². The van der Waals surface area contributed by atoms with Gasteiger partial charge in [-0.2, -0.15) is 4.98 Å². The summed E-state index contributed by atoms with van der Waals surface area (Å²) in [5.74, 6) is 1.70. The second kappa shape index (κ2) is 7.57. The topological polar surface area (TPSA) is 62.5 Å².